The lowest BCUT2D eigenvalue weighted by Crippen LogP contribution is -2.32. The van der Waals surface area contributed by atoms with Crippen molar-refractivity contribution in [2.75, 3.05) is 11.9 Å². The third-order valence-corrected chi connectivity index (χ3v) is 3.47. The van der Waals surface area contributed by atoms with Gasteiger partial charge in [0.05, 0.1) is 6.10 Å². The Morgan fingerprint density at radius 1 is 1.35 bits per heavy atom. The largest absolute Gasteiger partial charge is 0.393 e. The number of aryl methyl sites for hydroxylation is 2. The number of amides is 2. The minimum atomic E-state index is -0.375. The summed E-state index contributed by atoms with van der Waals surface area (Å²) in [5.41, 5.74) is 3.07. The van der Waals surface area contributed by atoms with Crippen LogP contribution in [-0.4, -0.2) is 23.8 Å². The summed E-state index contributed by atoms with van der Waals surface area (Å²) < 4.78 is 0. The molecule has 20 heavy (non-hydrogen) atoms. The molecular formula is C16H26N2O2. The summed E-state index contributed by atoms with van der Waals surface area (Å²) in [5, 5.41) is 15.4. The summed E-state index contributed by atoms with van der Waals surface area (Å²) in [6.07, 6.45) is 1.07. The fraction of sp³-hybridized carbons (Fsp3) is 0.562. The Kier molecular flexibility index (Phi) is 6.52. The van der Waals surface area contributed by atoms with E-state index in [0.717, 1.165) is 23.2 Å². The van der Waals surface area contributed by atoms with Crippen molar-refractivity contribution in [3.05, 3.63) is 29.3 Å². The van der Waals surface area contributed by atoms with Crippen molar-refractivity contribution >= 4 is 11.7 Å². The first-order valence-corrected chi connectivity index (χ1v) is 7.27. The maximum Gasteiger partial charge on any atom is 0.319 e. The molecule has 4 nitrogen and oxygen atoms in total. The molecule has 1 aromatic rings. The lowest BCUT2D eigenvalue weighted by Gasteiger charge is -2.16. The summed E-state index contributed by atoms with van der Waals surface area (Å²) in [6, 6.07) is 5.78. The molecule has 0 heterocycles. The smallest absolute Gasteiger partial charge is 0.319 e. The molecule has 4 heteroatoms. The molecule has 0 aromatic heterocycles. The number of aliphatic hydroxyl groups is 1. The molecule has 0 radical (unpaired) electrons. The fourth-order valence-electron chi connectivity index (χ4n) is 2.03. The van der Waals surface area contributed by atoms with Gasteiger partial charge in [-0.15, -0.1) is 0 Å². The second-order valence-electron chi connectivity index (χ2n) is 5.44. The SMILES string of the molecule is CCc1cccc(C)c1NC(=O)NCCC(O)C(C)C. The third-order valence-electron chi connectivity index (χ3n) is 3.47. The fourth-order valence-corrected chi connectivity index (χ4v) is 2.03. The van der Waals surface area contributed by atoms with Gasteiger partial charge in [-0.25, -0.2) is 4.79 Å². The van der Waals surface area contributed by atoms with Gasteiger partial charge in [0, 0.05) is 12.2 Å². The second kappa shape index (κ2) is 7.90. The topological polar surface area (TPSA) is 61.4 Å². The van der Waals surface area contributed by atoms with Crippen LogP contribution in [0.25, 0.3) is 0 Å². The Labute approximate surface area is 121 Å². The second-order valence-corrected chi connectivity index (χ2v) is 5.44. The Morgan fingerprint density at radius 2 is 2.05 bits per heavy atom. The number of para-hydroxylation sites is 1. The first-order chi connectivity index (χ1) is 9.45. The maximum absolute atomic E-state index is 11.9. The van der Waals surface area contributed by atoms with Crippen molar-refractivity contribution in [3.63, 3.8) is 0 Å². The number of hydrogen-bond donors (Lipinski definition) is 3. The van der Waals surface area contributed by atoms with Gasteiger partial charge in [0.1, 0.15) is 0 Å². The minimum Gasteiger partial charge on any atom is -0.393 e. The number of hydrogen-bond acceptors (Lipinski definition) is 2. The third kappa shape index (κ3) is 4.85. The Hall–Kier alpha value is -1.55. The van der Waals surface area contributed by atoms with E-state index in [1.807, 2.05) is 39.0 Å². The van der Waals surface area contributed by atoms with Gasteiger partial charge < -0.3 is 15.7 Å². The van der Waals surface area contributed by atoms with Gasteiger partial charge >= 0.3 is 6.03 Å². The number of anilines is 1. The van der Waals surface area contributed by atoms with E-state index in [-0.39, 0.29) is 18.1 Å². The van der Waals surface area contributed by atoms with Gasteiger partial charge in [-0.2, -0.15) is 0 Å². The van der Waals surface area contributed by atoms with Crippen LogP contribution in [0.3, 0.4) is 0 Å². The molecule has 0 aliphatic carbocycles. The molecule has 1 aromatic carbocycles. The molecule has 0 saturated heterocycles. The number of carbonyl (C=O) groups excluding carboxylic acids is 1. The molecule has 112 valence electrons. The molecule has 0 aliphatic heterocycles. The van der Waals surface area contributed by atoms with Crippen molar-refractivity contribution < 1.29 is 9.90 Å². The van der Waals surface area contributed by atoms with E-state index in [1.165, 1.54) is 0 Å². The Morgan fingerprint density at radius 3 is 2.65 bits per heavy atom. The zero-order valence-electron chi connectivity index (χ0n) is 12.9. The number of urea groups is 1. The highest BCUT2D eigenvalue weighted by Gasteiger charge is 2.11. The average Bonchev–Trinajstić information content (AvgIpc) is 2.40. The van der Waals surface area contributed by atoms with E-state index >= 15 is 0 Å². The van der Waals surface area contributed by atoms with Crippen LogP contribution in [-0.2, 0) is 6.42 Å². The summed E-state index contributed by atoms with van der Waals surface area (Å²) in [7, 11) is 0. The number of rotatable bonds is 6. The Balaban J connectivity index is 2.51. The zero-order chi connectivity index (χ0) is 15.1. The highest BCUT2D eigenvalue weighted by atomic mass is 16.3. The van der Waals surface area contributed by atoms with Crippen LogP contribution in [0.2, 0.25) is 0 Å². The van der Waals surface area contributed by atoms with E-state index in [2.05, 4.69) is 17.6 Å². The van der Waals surface area contributed by atoms with Crippen molar-refractivity contribution in [2.45, 2.75) is 46.6 Å². The van der Waals surface area contributed by atoms with E-state index in [4.69, 9.17) is 0 Å². The minimum absolute atomic E-state index is 0.211. The van der Waals surface area contributed by atoms with Crippen LogP contribution in [0.1, 0.15) is 38.3 Å². The molecule has 1 rings (SSSR count). The average molecular weight is 278 g/mol. The molecule has 3 N–H and O–H groups in total. The van der Waals surface area contributed by atoms with Crippen LogP contribution in [0, 0.1) is 12.8 Å². The van der Waals surface area contributed by atoms with Crippen LogP contribution < -0.4 is 10.6 Å². The quantitative estimate of drug-likeness (QED) is 0.749. The van der Waals surface area contributed by atoms with Gasteiger partial charge in [0.15, 0.2) is 0 Å². The van der Waals surface area contributed by atoms with Crippen molar-refractivity contribution in [3.8, 4) is 0 Å². The van der Waals surface area contributed by atoms with Gasteiger partial charge in [0.2, 0.25) is 0 Å². The number of carbonyl (C=O) groups is 1. The number of benzene rings is 1. The van der Waals surface area contributed by atoms with E-state index < -0.39 is 0 Å². The van der Waals surface area contributed by atoms with Crippen molar-refractivity contribution in [1.29, 1.82) is 0 Å². The molecule has 0 saturated carbocycles. The highest BCUT2D eigenvalue weighted by Crippen LogP contribution is 2.20. The van der Waals surface area contributed by atoms with Crippen molar-refractivity contribution in [1.82, 2.24) is 5.32 Å². The number of nitrogens with one attached hydrogen (secondary N) is 2. The zero-order valence-corrected chi connectivity index (χ0v) is 12.9. The number of aliphatic hydroxyl groups excluding tert-OH is 1. The van der Waals surface area contributed by atoms with Crippen LogP contribution in [0.15, 0.2) is 18.2 Å². The molecule has 1 atom stereocenters. The molecule has 1 unspecified atom stereocenters. The van der Waals surface area contributed by atoms with E-state index in [0.29, 0.717) is 13.0 Å². The molecule has 0 aliphatic rings. The lowest BCUT2D eigenvalue weighted by atomic mass is 10.0. The summed E-state index contributed by atoms with van der Waals surface area (Å²) in [5.74, 6) is 0.211. The standard InChI is InChI=1S/C16H26N2O2/c1-5-13-8-6-7-12(4)15(13)18-16(20)17-10-9-14(19)11(2)3/h6-8,11,14,19H,5,9-10H2,1-4H3,(H2,17,18,20). The predicted molar refractivity (Wildman–Crippen MR) is 83.0 cm³/mol. The monoisotopic (exact) mass is 278 g/mol. The predicted octanol–water partition coefficient (Wildman–Crippen LogP) is 3.09. The van der Waals surface area contributed by atoms with E-state index in [1.54, 1.807) is 0 Å². The molecular weight excluding hydrogens is 252 g/mol. The first-order valence-electron chi connectivity index (χ1n) is 7.27. The highest BCUT2D eigenvalue weighted by molar-refractivity contribution is 5.91. The molecule has 0 spiro atoms. The van der Waals surface area contributed by atoms with Gasteiger partial charge in [-0.1, -0.05) is 39.0 Å². The van der Waals surface area contributed by atoms with Gasteiger partial charge in [-0.05, 0) is 36.8 Å². The first kappa shape index (κ1) is 16.5. The van der Waals surface area contributed by atoms with Crippen LogP contribution in [0.5, 0.6) is 0 Å². The Bertz CT molecular complexity index is 444. The van der Waals surface area contributed by atoms with Gasteiger partial charge in [-0.3, -0.25) is 0 Å². The van der Waals surface area contributed by atoms with Crippen molar-refractivity contribution in [2.24, 2.45) is 5.92 Å². The normalized spacial score (nSPS) is 12.3. The molecule has 0 bridgehead atoms. The summed E-state index contributed by atoms with van der Waals surface area (Å²) in [6.45, 7) is 8.45. The van der Waals surface area contributed by atoms with Gasteiger partial charge in [0.25, 0.3) is 0 Å². The summed E-state index contributed by atoms with van der Waals surface area (Å²) in [4.78, 5) is 11.9. The van der Waals surface area contributed by atoms with Crippen LogP contribution in [0.4, 0.5) is 10.5 Å². The summed E-state index contributed by atoms with van der Waals surface area (Å²) >= 11 is 0. The molecule has 0 fully saturated rings. The maximum atomic E-state index is 11.9. The van der Waals surface area contributed by atoms with E-state index in [9.17, 15) is 9.90 Å². The van der Waals surface area contributed by atoms with Crippen LogP contribution >= 0.6 is 0 Å². The lowest BCUT2D eigenvalue weighted by molar-refractivity contribution is 0.117. The molecule has 2 amide bonds.